The number of carbonyl (C=O) groups is 2. The molecule has 0 spiro atoms. The summed E-state index contributed by atoms with van der Waals surface area (Å²) in [6, 6.07) is 0. The van der Waals surface area contributed by atoms with Gasteiger partial charge in [-0.3, -0.25) is 14.1 Å². The molecule has 2 N–H and O–H groups in total. The Balaban J connectivity index is 3.85. The predicted molar refractivity (Wildman–Crippen MR) is 216 cm³/mol. The molecule has 0 aliphatic heterocycles. The van der Waals surface area contributed by atoms with Gasteiger partial charge in [0.15, 0.2) is 6.10 Å². The molecule has 52 heavy (non-hydrogen) atoms. The average Bonchev–Trinajstić information content (AvgIpc) is 3.11. The maximum atomic E-state index is 12.4. The first kappa shape index (κ1) is 50.5. The second kappa shape index (κ2) is 39.2. The second-order valence-electron chi connectivity index (χ2n) is 14.7. The third-order valence-corrected chi connectivity index (χ3v) is 9.96. The van der Waals surface area contributed by atoms with Gasteiger partial charge >= 0.3 is 19.8 Å². The molecule has 0 saturated heterocycles. The molecule has 306 valence electrons. The maximum absolute atomic E-state index is 12.4. The average molecular weight is 757 g/mol. The number of unbranched alkanes of at least 4 members (excludes halogenated alkanes) is 26. The SMILES string of the molecule is CCCC/C=C\C/C=C\CCCCCCCC(=O)OC(COC(=O)CCCCCCCCCCCCCCCCCCCCCC)COP(=O)(O)O. The minimum Gasteiger partial charge on any atom is -0.462 e. The molecule has 0 fully saturated rings. The van der Waals surface area contributed by atoms with E-state index in [-0.39, 0.29) is 19.4 Å². The Labute approximate surface area is 319 Å². The van der Waals surface area contributed by atoms with Crippen LogP contribution in [0, 0.1) is 0 Å². The quantitative estimate of drug-likeness (QED) is 0.0274. The van der Waals surface area contributed by atoms with Crippen LogP contribution in [0.4, 0.5) is 0 Å². The van der Waals surface area contributed by atoms with Gasteiger partial charge in [0.05, 0.1) is 6.61 Å². The highest BCUT2D eigenvalue weighted by Crippen LogP contribution is 2.36. The van der Waals surface area contributed by atoms with Gasteiger partial charge in [0.1, 0.15) is 6.61 Å². The van der Waals surface area contributed by atoms with Gasteiger partial charge in [0, 0.05) is 12.8 Å². The van der Waals surface area contributed by atoms with Crippen molar-refractivity contribution >= 4 is 19.8 Å². The first-order valence-corrected chi connectivity index (χ1v) is 23.2. The maximum Gasteiger partial charge on any atom is 0.469 e. The monoisotopic (exact) mass is 757 g/mol. The fourth-order valence-electron chi connectivity index (χ4n) is 6.21. The van der Waals surface area contributed by atoms with Crippen molar-refractivity contribution in [3.63, 3.8) is 0 Å². The van der Waals surface area contributed by atoms with E-state index in [4.69, 9.17) is 19.3 Å². The summed E-state index contributed by atoms with van der Waals surface area (Å²) >= 11 is 0. The van der Waals surface area contributed by atoms with Gasteiger partial charge in [-0.1, -0.05) is 192 Å². The van der Waals surface area contributed by atoms with Crippen LogP contribution in [0.3, 0.4) is 0 Å². The highest BCUT2D eigenvalue weighted by molar-refractivity contribution is 7.46. The van der Waals surface area contributed by atoms with Gasteiger partial charge in [0.25, 0.3) is 0 Å². The number of carbonyl (C=O) groups excluding carboxylic acids is 2. The summed E-state index contributed by atoms with van der Waals surface area (Å²) in [5.74, 6) is -0.891. The molecule has 0 aromatic heterocycles. The third kappa shape index (κ3) is 41.3. The van der Waals surface area contributed by atoms with E-state index in [1.165, 1.54) is 122 Å². The summed E-state index contributed by atoms with van der Waals surface area (Å²) in [7, 11) is -4.75. The molecule has 0 aromatic carbocycles. The van der Waals surface area contributed by atoms with E-state index in [0.29, 0.717) is 6.42 Å². The highest BCUT2D eigenvalue weighted by Gasteiger charge is 2.22. The highest BCUT2D eigenvalue weighted by atomic mass is 31.2. The summed E-state index contributed by atoms with van der Waals surface area (Å²) in [6.07, 6.45) is 44.7. The summed E-state index contributed by atoms with van der Waals surface area (Å²) in [5, 5.41) is 0. The normalized spacial score (nSPS) is 12.6. The standard InChI is InChI=1S/C43H81O8P/c1-3-5-7-9-11-13-15-17-19-20-21-22-23-24-26-27-29-31-33-35-37-42(44)49-39-41(40-50-52(46,47)48)51-43(45)38-36-34-32-30-28-25-18-16-14-12-10-8-6-4-2/h10,12,16,18,41H,3-9,11,13-15,17,19-40H2,1-2H3,(H2,46,47,48)/b12-10-,18-16-. The number of allylic oxidation sites excluding steroid dienone is 4. The fraction of sp³-hybridized carbons (Fsp3) is 0.860. The van der Waals surface area contributed by atoms with Crippen LogP contribution in [0.5, 0.6) is 0 Å². The molecule has 0 amide bonds. The smallest absolute Gasteiger partial charge is 0.462 e. The Hall–Kier alpha value is -1.47. The Morgan fingerprint density at radius 2 is 0.885 bits per heavy atom. The van der Waals surface area contributed by atoms with Gasteiger partial charge in [-0.05, 0) is 38.5 Å². The molecule has 0 radical (unpaired) electrons. The summed E-state index contributed by atoms with van der Waals surface area (Å²) in [4.78, 5) is 42.8. The van der Waals surface area contributed by atoms with Crippen molar-refractivity contribution in [2.75, 3.05) is 13.2 Å². The molecule has 0 aromatic rings. The third-order valence-electron chi connectivity index (χ3n) is 9.47. The molecule has 0 aliphatic rings. The molecule has 1 atom stereocenters. The minimum absolute atomic E-state index is 0.198. The molecule has 0 bridgehead atoms. The van der Waals surface area contributed by atoms with Crippen LogP contribution < -0.4 is 0 Å². The van der Waals surface area contributed by atoms with Crippen molar-refractivity contribution in [1.82, 2.24) is 0 Å². The van der Waals surface area contributed by atoms with Gasteiger partial charge in [-0.25, -0.2) is 4.57 Å². The lowest BCUT2D eigenvalue weighted by Crippen LogP contribution is -2.29. The fourth-order valence-corrected chi connectivity index (χ4v) is 6.57. The largest absolute Gasteiger partial charge is 0.469 e. The van der Waals surface area contributed by atoms with Gasteiger partial charge in [-0.2, -0.15) is 0 Å². The molecule has 1 unspecified atom stereocenters. The molecular weight excluding hydrogens is 675 g/mol. The zero-order valence-electron chi connectivity index (χ0n) is 33.7. The number of hydrogen-bond donors (Lipinski definition) is 2. The summed E-state index contributed by atoms with van der Waals surface area (Å²) in [5.41, 5.74) is 0. The van der Waals surface area contributed by atoms with Crippen molar-refractivity contribution < 1.29 is 37.9 Å². The van der Waals surface area contributed by atoms with Crippen LogP contribution in [-0.4, -0.2) is 41.0 Å². The van der Waals surface area contributed by atoms with Crippen LogP contribution in [0.2, 0.25) is 0 Å². The topological polar surface area (TPSA) is 119 Å². The Bertz CT molecular complexity index is 900. The van der Waals surface area contributed by atoms with E-state index in [1.54, 1.807) is 0 Å². The van der Waals surface area contributed by atoms with Crippen LogP contribution >= 0.6 is 7.82 Å². The molecule has 9 heteroatoms. The lowest BCUT2D eigenvalue weighted by atomic mass is 10.0. The van der Waals surface area contributed by atoms with Crippen molar-refractivity contribution in [3.05, 3.63) is 24.3 Å². The zero-order valence-corrected chi connectivity index (χ0v) is 34.6. The van der Waals surface area contributed by atoms with E-state index in [2.05, 4.69) is 42.7 Å². The van der Waals surface area contributed by atoms with E-state index in [0.717, 1.165) is 64.2 Å². The van der Waals surface area contributed by atoms with Crippen molar-refractivity contribution in [2.45, 2.75) is 225 Å². The van der Waals surface area contributed by atoms with Gasteiger partial charge in [0.2, 0.25) is 0 Å². The van der Waals surface area contributed by atoms with E-state index in [1.807, 2.05) is 0 Å². The molecule has 0 aliphatic carbocycles. The Morgan fingerprint density at radius 1 is 0.500 bits per heavy atom. The molecule has 0 heterocycles. The minimum atomic E-state index is -4.75. The number of phosphoric ester groups is 1. The Morgan fingerprint density at radius 3 is 1.33 bits per heavy atom. The van der Waals surface area contributed by atoms with E-state index >= 15 is 0 Å². The second-order valence-corrected chi connectivity index (χ2v) is 15.9. The summed E-state index contributed by atoms with van der Waals surface area (Å²) < 4.78 is 26.4. The van der Waals surface area contributed by atoms with Crippen molar-refractivity contribution in [3.8, 4) is 0 Å². The number of ether oxygens (including phenoxy) is 2. The summed E-state index contributed by atoms with van der Waals surface area (Å²) in [6.45, 7) is 3.65. The number of hydrogen-bond acceptors (Lipinski definition) is 6. The van der Waals surface area contributed by atoms with Crippen LogP contribution in [0.15, 0.2) is 24.3 Å². The number of rotatable bonds is 40. The van der Waals surface area contributed by atoms with Gasteiger partial charge in [-0.15, -0.1) is 0 Å². The van der Waals surface area contributed by atoms with Crippen LogP contribution in [0.1, 0.15) is 219 Å². The lowest BCUT2D eigenvalue weighted by Gasteiger charge is -2.18. The van der Waals surface area contributed by atoms with E-state index < -0.39 is 32.5 Å². The van der Waals surface area contributed by atoms with E-state index in [9.17, 15) is 14.2 Å². The van der Waals surface area contributed by atoms with Crippen LogP contribution in [0.25, 0.3) is 0 Å². The molecule has 0 saturated carbocycles. The zero-order chi connectivity index (χ0) is 38.2. The van der Waals surface area contributed by atoms with Gasteiger partial charge < -0.3 is 19.3 Å². The van der Waals surface area contributed by atoms with Crippen LogP contribution in [-0.2, 0) is 28.2 Å². The molecular formula is C43H81O8P. The first-order valence-electron chi connectivity index (χ1n) is 21.6. The first-order chi connectivity index (χ1) is 25.3. The molecule has 0 rings (SSSR count). The van der Waals surface area contributed by atoms with Crippen molar-refractivity contribution in [1.29, 1.82) is 0 Å². The number of phosphoric acid groups is 1. The lowest BCUT2D eigenvalue weighted by molar-refractivity contribution is -0.161. The predicted octanol–water partition coefficient (Wildman–Crippen LogP) is 13.2. The molecule has 8 nitrogen and oxygen atoms in total. The Kier molecular flexibility index (Phi) is 38.1. The number of esters is 2. The van der Waals surface area contributed by atoms with Crippen molar-refractivity contribution in [2.24, 2.45) is 0 Å².